The zero-order valence-electron chi connectivity index (χ0n) is 18.2. The summed E-state index contributed by atoms with van der Waals surface area (Å²) in [6.45, 7) is 9.30. The average Bonchev–Trinajstić information content (AvgIpc) is 3.26. The molecule has 2 unspecified atom stereocenters. The molecule has 0 heterocycles. The van der Waals surface area contributed by atoms with Crippen molar-refractivity contribution in [2.24, 2.45) is 11.8 Å². The van der Waals surface area contributed by atoms with E-state index >= 15 is 0 Å². The number of hydrogen-bond donors (Lipinski definition) is 0. The minimum Gasteiger partial charge on any atom is -0.0655 e. The standard InChI is InChI=1S/C29H32/c1-5-24-26(20(3)17-28(24)22-13-9-7-10-14-22)19-27-21(4)18-29(25(27)6-2)23-15-11-8-12-16-23/h7-18,26-27H,5-6,19H2,1-4H3. The van der Waals surface area contributed by atoms with Gasteiger partial charge in [-0.2, -0.15) is 0 Å². The molecule has 0 nitrogen and oxygen atoms in total. The molecule has 2 aliphatic carbocycles. The Morgan fingerprint density at radius 1 is 0.586 bits per heavy atom. The quantitative estimate of drug-likeness (QED) is 0.473. The summed E-state index contributed by atoms with van der Waals surface area (Å²) in [7, 11) is 0. The van der Waals surface area contributed by atoms with E-state index < -0.39 is 0 Å². The second-order valence-corrected chi connectivity index (χ2v) is 8.43. The Balaban J connectivity index is 1.68. The molecule has 0 saturated carbocycles. The summed E-state index contributed by atoms with van der Waals surface area (Å²) in [5.41, 5.74) is 11.9. The largest absolute Gasteiger partial charge is 0.0655 e. The molecule has 29 heavy (non-hydrogen) atoms. The fraction of sp³-hybridized carbons (Fsp3) is 0.310. The highest BCUT2D eigenvalue weighted by molar-refractivity contribution is 5.83. The topological polar surface area (TPSA) is 0 Å². The van der Waals surface area contributed by atoms with Crippen LogP contribution >= 0.6 is 0 Å². The second-order valence-electron chi connectivity index (χ2n) is 8.43. The predicted octanol–water partition coefficient (Wildman–Crippen LogP) is 8.26. The van der Waals surface area contributed by atoms with Gasteiger partial charge in [-0.05, 0) is 55.4 Å². The van der Waals surface area contributed by atoms with E-state index in [0.717, 1.165) is 12.8 Å². The molecular formula is C29H32. The molecule has 2 aromatic rings. The van der Waals surface area contributed by atoms with Crippen LogP contribution < -0.4 is 0 Å². The molecule has 0 bridgehead atoms. The molecule has 2 aromatic carbocycles. The number of benzene rings is 2. The van der Waals surface area contributed by atoms with Gasteiger partial charge in [-0.15, -0.1) is 0 Å². The Bertz CT molecular complexity index is 913. The van der Waals surface area contributed by atoms with Crippen LogP contribution in [0.1, 0.15) is 58.1 Å². The van der Waals surface area contributed by atoms with Crippen molar-refractivity contribution in [3.63, 3.8) is 0 Å². The lowest BCUT2D eigenvalue weighted by molar-refractivity contribution is 0.534. The van der Waals surface area contributed by atoms with Gasteiger partial charge in [0, 0.05) is 11.8 Å². The van der Waals surface area contributed by atoms with Crippen LogP contribution in [0.3, 0.4) is 0 Å². The van der Waals surface area contributed by atoms with Crippen LogP contribution in [0.15, 0.2) is 95.1 Å². The Hall–Kier alpha value is -2.60. The Labute approximate surface area is 176 Å². The second kappa shape index (κ2) is 8.41. The summed E-state index contributed by atoms with van der Waals surface area (Å²) in [5, 5.41) is 0. The van der Waals surface area contributed by atoms with E-state index in [4.69, 9.17) is 0 Å². The first-order chi connectivity index (χ1) is 14.1. The number of rotatable bonds is 6. The minimum absolute atomic E-state index is 0.556. The van der Waals surface area contributed by atoms with Gasteiger partial charge in [0.15, 0.2) is 0 Å². The smallest absolute Gasteiger partial charge is 0.00254 e. The maximum absolute atomic E-state index is 2.44. The van der Waals surface area contributed by atoms with Crippen molar-refractivity contribution < 1.29 is 0 Å². The van der Waals surface area contributed by atoms with Gasteiger partial charge in [-0.1, -0.05) is 109 Å². The molecule has 0 N–H and O–H groups in total. The van der Waals surface area contributed by atoms with Gasteiger partial charge < -0.3 is 0 Å². The van der Waals surface area contributed by atoms with E-state index in [0.29, 0.717) is 11.8 Å². The van der Waals surface area contributed by atoms with Gasteiger partial charge in [0.2, 0.25) is 0 Å². The van der Waals surface area contributed by atoms with Crippen LogP contribution in [-0.2, 0) is 0 Å². The first-order valence-corrected chi connectivity index (χ1v) is 11.1. The van der Waals surface area contributed by atoms with E-state index in [2.05, 4.69) is 101 Å². The molecule has 148 valence electrons. The van der Waals surface area contributed by atoms with Crippen molar-refractivity contribution in [3.8, 4) is 0 Å². The van der Waals surface area contributed by atoms with Crippen LogP contribution in [-0.4, -0.2) is 0 Å². The number of allylic oxidation sites excluding steroid dienone is 8. The van der Waals surface area contributed by atoms with Crippen LogP contribution in [0, 0.1) is 11.8 Å². The highest BCUT2D eigenvalue weighted by Gasteiger charge is 2.32. The zero-order valence-corrected chi connectivity index (χ0v) is 18.2. The molecule has 0 radical (unpaired) electrons. The fourth-order valence-corrected chi connectivity index (χ4v) is 5.31. The van der Waals surface area contributed by atoms with E-state index in [1.54, 1.807) is 11.1 Å². The summed E-state index contributed by atoms with van der Waals surface area (Å²) in [4.78, 5) is 0. The van der Waals surface area contributed by atoms with Crippen LogP contribution in [0.2, 0.25) is 0 Å². The molecule has 0 amide bonds. The summed E-state index contributed by atoms with van der Waals surface area (Å²) in [6.07, 6.45) is 8.33. The van der Waals surface area contributed by atoms with E-state index in [-0.39, 0.29) is 0 Å². The molecular weight excluding hydrogens is 348 g/mol. The van der Waals surface area contributed by atoms with Crippen molar-refractivity contribution >= 4 is 11.1 Å². The monoisotopic (exact) mass is 380 g/mol. The van der Waals surface area contributed by atoms with Crippen LogP contribution in [0.25, 0.3) is 11.1 Å². The van der Waals surface area contributed by atoms with Crippen molar-refractivity contribution in [3.05, 3.63) is 106 Å². The lowest BCUT2D eigenvalue weighted by atomic mass is 9.79. The molecule has 0 aromatic heterocycles. The van der Waals surface area contributed by atoms with Gasteiger partial charge in [0.25, 0.3) is 0 Å². The first kappa shape index (κ1) is 19.7. The van der Waals surface area contributed by atoms with E-state index in [9.17, 15) is 0 Å². The molecule has 0 heteroatoms. The third-order valence-corrected chi connectivity index (χ3v) is 6.78. The maximum atomic E-state index is 2.44. The van der Waals surface area contributed by atoms with E-state index in [1.807, 2.05) is 0 Å². The molecule has 2 atom stereocenters. The molecule has 0 saturated heterocycles. The minimum atomic E-state index is 0.556. The van der Waals surface area contributed by atoms with Gasteiger partial charge in [0.1, 0.15) is 0 Å². The summed E-state index contributed by atoms with van der Waals surface area (Å²) in [6, 6.07) is 21.8. The average molecular weight is 381 g/mol. The molecule has 0 aliphatic heterocycles. The van der Waals surface area contributed by atoms with E-state index in [1.165, 1.54) is 39.8 Å². The Morgan fingerprint density at radius 3 is 1.31 bits per heavy atom. The number of hydrogen-bond acceptors (Lipinski definition) is 0. The third-order valence-electron chi connectivity index (χ3n) is 6.78. The molecule has 0 fully saturated rings. The zero-order chi connectivity index (χ0) is 20.4. The first-order valence-electron chi connectivity index (χ1n) is 11.1. The molecule has 4 rings (SSSR count). The van der Waals surface area contributed by atoms with Crippen molar-refractivity contribution in [1.82, 2.24) is 0 Å². The van der Waals surface area contributed by atoms with Gasteiger partial charge >= 0.3 is 0 Å². The molecule has 0 spiro atoms. The Kier molecular flexibility index (Phi) is 5.72. The highest BCUT2D eigenvalue weighted by Crippen LogP contribution is 2.47. The summed E-state index contributed by atoms with van der Waals surface area (Å²) in [5.74, 6) is 1.11. The van der Waals surface area contributed by atoms with Gasteiger partial charge in [-0.25, -0.2) is 0 Å². The van der Waals surface area contributed by atoms with Gasteiger partial charge in [-0.3, -0.25) is 0 Å². The highest BCUT2D eigenvalue weighted by atomic mass is 14.4. The fourth-order valence-electron chi connectivity index (χ4n) is 5.31. The van der Waals surface area contributed by atoms with Crippen LogP contribution in [0.4, 0.5) is 0 Å². The lowest BCUT2D eigenvalue weighted by Crippen LogP contribution is -2.12. The van der Waals surface area contributed by atoms with Crippen molar-refractivity contribution in [2.75, 3.05) is 0 Å². The lowest BCUT2D eigenvalue weighted by Gasteiger charge is -2.25. The summed E-state index contributed by atoms with van der Waals surface area (Å²) < 4.78 is 0. The SMILES string of the molecule is CCC1=C(c2ccccc2)C=C(C)C1CC1C(C)=CC(c2ccccc2)=C1CC. The maximum Gasteiger partial charge on any atom is 0.00254 e. The third kappa shape index (κ3) is 3.69. The van der Waals surface area contributed by atoms with Crippen molar-refractivity contribution in [1.29, 1.82) is 0 Å². The van der Waals surface area contributed by atoms with Crippen molar-refractivity contribution in [2.45, 2.75) is 47.0 Å². The Morgan fingerprint density at radius 2 is 0.966 bits per heavy atom. The predicted molar refractivity (Wildman–Crippen MR) is 126 cm³/mol. The normalized spacial score (nSPS) is 21.7. The summed E-state index contributed by atoms with van der Waals surface area (Å²) >= 11 is 0. The van der Waals surface area contributed by atoms with Gasteiger partial charge in [0.05, 0.1) is 0 Å². The van der Waals surface area contributed by atoms with Crippen LogP contribution in [0.5, 0.6) is 0 Å². The molecule has 2 aliphatic rings.